The van der Waals surface area contributed by atoms with Crippen molar-refractivity contribution in [2.45, 2.75) is 19.8 Å². The summed E-state index contributed by atoms with van der Waals surface area (Å²) < 4.78 is 14.0. The molecule has 3 aromatic rings. The van der Waals surface area contributed by atoms with Crippen LogP contribution in [-0.2, 0) is 4.79 Å². The highest BCUT2D eigenvalue weighted by molar-refractivity contribution is 6.01. The van der Waals surface area contributed by atoms with E-state index in [1.165, 1.54) is 12.1 Å². The number of likely N-dealkylation sites (tertiary alicyclic amines) is 1. The Balaban J connectivity index is 1.44. The van der Waals surface area contributed by atoms with Crippen LogP contribution in [0.3, 0.4) is 0 Å². The van der Waals surface area contributed by atoms with E-state index in [2.05, 4.69) is 10.3 Å². The van der Waals surface area contributed by atoms with E-state index in [-0.39, 0.29) is 17.7 Å². The van der Waals surface area contributed by atoms with Gasteiger partial charge in [-0.1, -0.05) is 36.4 Å². The molecular weight excluding hydrogens is 393 g/mol. The summed E-state index contributed by atoms with van der Waals surface area (Å²) >= 11 is 0. The number of halogens is 1. The number of benzene rings is 2. The van der Waals surface area contributed by atoms with Crippen LogP contribution in [-0.4, -0.2) is 34.8 Å². The second-order valence-corrected chi connectivity index (χ2v) is 7.83. The van der Waals surface area contributed by atoms with Gasteiger partial charge in [0.2, 0.25) is 5.91 Å². The van der Waals surface area contributed by atoms with Crippen LogP contribution >= 0.6 is 0 Å². The van der Waals surface area contributed by atoms with E-state index >= 15 is 0 Å². The Hall–Kier alpha value is -3.54. The molecule has 0 aliphatic carbocycles. The van der Waals surface area contributed by atoms with Crippen LogP contribution in [0.1, 0.15) is 28.8 Å². The third-order valence-electron chi connectivity index (χ3n) is 5.62. The van der Waals surface area contributed by atoms with Gasteiger partial charge in [-0.3, -0.25) is 9.59 Å². The molecule has 4 rings (SSSR count). The first-order chi connectivity index (χ1) is 15.0. The summed E-state index contributed by atoms with van der Waals surface area (Å²) in [5.74, 6) is -0.385. The zero-order valence-corrected chi connectivity index (χ0v) is 17.3. The molecule has 0 spiro atoms. The Kier molecular flexibility index (Phi) is 6.07. The molecule has 0 unspecified atom stereocenters. The van der Waals surface area contributed by atoms with Gasteiger partial charge in [0.15, 0.2) is 0 Å². The van der Waals surface area contributed by atoms with Crippen molar-refractivity contribution in [2.24, 2.45) is 5.92 Å². The monoisotopic (exact) mass is 417 g/mol. The number of hydrogen-bond acceptors (Lipinski definition) is 3. The fourth-order valence-electron chi connectivity index (χ4n) is 3.91. The van der Waals surface area contributed by atoms with Crippen molar-refractivity contribution in [3.8, 4) is 11.1 Å². The summed E-state index contributed by atoms with van der Waals surface area (Å²) in [6.45, 7) is 2.84. The normalized spacial score (nSPS) is 14.3. The minimum atomic E-state index is -0.442. The van der Waals surface area contributed by atoms with E-state index < -0.39 is 5.82 Å². The summed E-state index contributed by atoms with van der Waals surface area (Å²) in [5, 5.41) is 2.86. The van der Waals surface area contributed by atoms with Gasteiger partial charge in [0.05, 0.1) is 5.56 Å². The predicted molar refractivity (Wildman–Crippen MR) is 118 cm³/mol. The number of carbonyl (C=O) groups excluding carboxylic acids is 2. The SMILES string of the molecule is Cc1ccnc(NC(=O)C2CCN(C(=O)c3cc(F)ccc3-c3ccccc3)CC2)c1. The average molecular weight is 417 g/mol. The molecule has 0 atom stereocenters. The number of carbonyl (C=O) groups is 2. The number of pyridine rings is 1. The molecule has 2 heterocycles. The van der Waals surface area contributed by atoms with E-state index in [0.29, 0.717) is 42.9 Å². The van der Waals surface area contributed by atoms with Crippen LogP contribution in [0, 0.1) is 18.7 Å². The molecule has 1 aliphatic rings. The third-order valence-corrected chi connectivity index (χ3v) is 5.62. The summed E-state index contributed by atoms with van der Waals surface area (Å²) in [6.07, 6.45) is 2.77. The molecule has 2 amide bonds. The van der Waals surface area contributed by atoms with Gasteiger partial charge in [-0.15, -0.1) is 0 Å². The van der Waals surface area contributed by atoms with Crippen molar-refractivity contribution in [1.29, 1.82) is 0 Å². The number of aryl methyl sites for hydroxylation is 1. The number of amides is 2. The quantitative estimate of drug-likeness (QED) is 0.670. The van der Waals surface area contributed by atoms with E-state index in [1.807, 2.05) is 49.4 Å². The number of piperidine rings is 1. The average Bonchev–Trinajstić information content (AvgIpc) is 2.79. The summed E-state index contributed by atoms with van der Waals surface area (Å²) in [7, 11) is 0. The van der Waals surface area contributed by atoms with Crippen LogP contribution in [0.2, 0.25) is 0 Å². The fraction of sp³-hybridized carbons (Fsp3) is 0.240. The molecule has 31 heavy (non-hydrogen) atoms. The van der Waals surface area contributed by atoms with Crippen LogP contribution in [0.15, 0.2) is 66.9 Å². The van der Waals surface area contributed by atoms with E-state index in [4.69, 9.17) is 0 Å². The number of hydrogen-bond donors (Lipinski definition) is 1. The fourth-order valence-corrected chi connectivity index (χ4v) is 3.91. The number of nitrogens with zero attached hydrogens (tertiary/aromatic N) is 2. The molecule has 1 N–H and O–H groups in total. The van der Waals surface area contributed by atoms with Gasteiger partial charge in [0.25, 0.3) is 5.91 Å². The molecule has 0 radical (unpaired) electrons. The Bertz CT molecular complexity index is 1090. The zero-order valence-electron chi connectivity index (χ0n) is 17.3. The van der Waals surface area contributed by atoms with Gasteiger partial charge in [0, 0.05) is 25.2 Å². The number of aromatic nitrogens is 1. The molecule has 5 nitrogen and oxygen atoms in total. The first kappa shape index (κ1) is 20.7. The lowest BCUT2D eigenvalue weighted by Gasteiger charge is -2.31. The van der Waals surface area contributed by atoms with E-state index in [0.717, 1.165) is 11.1 Å². The standard InChI is InChI=1S/C25H24FN3O2/c1-17-9-12-27-23(15-17)28-24(30)19-10-13-29(14-11-19)25(31)22-16-20(26)7-8-21(22)18-5-3-2-4-6-18/h2-9,12,15-16,19H,10-11,13-14H2,1H3,(H,27,28,30). The highest BCUT2D eigenvalue weighted by Crippen LogP contribution is 2.28. The van der Waals surface area contributed by atoms with Crippen LogP contribution in [0.25, 0.3) is 11.1 Å². The maximum Gasteiger partial charge on any atom is 0.254 e. The van der Waals surface area contributed by atoms with Crippen molar-refractivity contribution in [3.05, 3.63) is 83.8 Å². The van der Waals surface area contributed by atoms with Gasteiger partial charge >= 0.3 is 0 Å². The molecule has 1 aromatic heterocycles. The molecule has 1 aliphatic heterocycles. The van der Waals surface area contributed by atoms with Gasteiger partial charge in [0.1, 0.15) is 11.6 Å². The Morgan fingerprint density at radius 2 is 1.77 bits per heavy atom. The van der Waals surface area contributed by atoms with Crippen molar-refractivity contribution in [1.82, 2.24) is 9.88 Å². The van der Waals surface area contributed by atoms with Crippen LogP contribution < -0.4 is 5.32 Å². The predicted octanol–water partition coefficient (Wildman–Crippen LogP) is 4.69. The van der Waals surface area contributed by atoms with Crippen LogP contribution in [0.5, 0.6) is 0 Å². The first-order valence-corrected chi connectivity index (χ1v) is 10.4. The molecule has 0 saturated carbocycles. The molecular formula is C25H24FN3O2. The number of nitrogens with one attached hydrogen (secondary N) is 1. The summed E-state index contributed by atoms with van der Waals surface area (Å²) in [6, 6.07) is 17.5. The van der Waals surface area contributed by atoms with E-state index in [1.54, 1.807) is 17.2 Å². The topological polar surface area (TPSA) is 62.3 Å². The van der Waals surface area contributed by atoms with Crippen molar-refractivity contribution < 1.29 is 14.0 Å². The van der Waals surface area contributed by atoms with Crippen LogP contribution in [0.4, 0.5) is 10.2 Å². The van der Waals surface area contributed by atoms with Crippen molar-refractivity contribution in [3.63, 3.8) is 0 Å². The lowest BCUT2D eigenvalue weighted by molar-refractivity contribution is -0.121. The zero-order chi connectivity index (χ0) is 21.8. The molecule has 1 fully saturated rings. The molecule has 0 bridgehead atoms. The van der Waals surface area contributed by atoms with Crippen molar-refractivity contribution >= 4 is 17.6 Å². The molecule has 6 heteroatoms. The Labute approximate surface area is 180 Å². The summed E-state index contributed by atoms with van der Waals surface area (Å²) in [5.41, 5.74) is 2.94. The minimum Gasteiger partial charge on any atom is -0.339 e. The first-order valence-electron chi connectivity index (χ1n) is 10.4. The second kappa shape index (κ2) is 9.08. The minimum absolute atomic E-state index is 0.0825. The van der Waals surface area contributed by atoms with Gasteiger partial charge in [-0.25, -0.2) is 9.37 Å². The highest BCUT2D eigenvalue weighted by atomic mass is 19.1. The number of anilines is 1. The Morgan fingerprint density at radius 3 is 2.48 bits per heavy atom. The highest BCUT2D eigenvalue weighted by Gasteiger charge is 2.29. The van der Waals surface area contributed by atoms with Gasteiger partial charge < -0.3 is 10.2 Å². The smallest absolute Gasteiger partial charge is 0.254 e. The van der Waals surface area contributed by atoms with Crippen molar-refractivity contribution in [2.75, 3.05) is 18.4 Å². The van der Waals surface area contributed by atoms with E-state index in [9.17, 15) is 14.0 Å². The molecule has 158 valence electrons. The third kappa shape index (κ3) is 4.79. The largest absolute Gasteiger partial charge is 0.339 e. The van der Waals surface area contributed by atoms with Gasteiger partial charge in [-0.05, 0) is 60.7 Å². The summed E-state index contributed by atoms with van der Waals surface area (Å²) in [4.78, 5) is 31.7. The molecule has 1 saturated heterocycles. The second-order valence-electron chi connectivity index (χ2n) is 7.83. The Morgan fingerprint density at radius 1 is 1.03 bits per heavy atom. The maximum atomic E-state index is 14.0. The number of rotatable bonds is 4. The lowest BCUT2D eigenvalue weighted by atomic mass is 9.94. The molecule has 2 aromatic carbocycles. The maximum absolute atomic E-state index is 14.0. The van der Waals surface area contributed by atoms with Gasteiger partial charge in [-0.2, -0.15) is 0 Å². The lowest BCUT2D eigenvalue weighted by Crippen LogP contribution is -2.41.